The lowest BCUT2D eigenvalue weighted by atomic mass is 10.0. The van der Waals surface area contributed by atoms with Crippen molar-refractivity contribution in [2.75, 3.05) is 32.1 Å². The second-order valence-corrected chi connectivity index (χ2v) is 7.90. The van der Waals surface area contributed by atoms with Crippen LogP contribution in [0.15, 0.2) is 0 Å². The molecule has 7 heteroatoms. The molecule has 0 saturated heterocycles. The standard InChI is InChI=1S/C18H25N3O3S/c1-4-5-6-7-14(22)21-9-8-12-13(10-21)25-18-16(12)17(24)19(2)11-15(23)20(18)3/h4-11H2,1-3H3. The maximum atomic E-state index is 12.7. The van der Waals surface area contributed by atoms with Crippen LogP contribution in [0.4, 0.5) is 5.00 Å². The number of unbranched alkanes of at least 4 members (excludes halogenated alkanes) is 2. The number of carbonyl (C=O) groups is 3. The average molecular weight is 363 g/mol. The summed E-state index contributed by atoms with van der Waals surface area (Å²) in [5.41, 5.74) is 1.69. The molecule has 25 heavy (non-hydrogen) atoms. The Morgan fingerprint density at radius 2 is 1.92 bits per heavy atom. The zero-order chi connectivity index (χ0) is 18.1. The Kier molecular flexibility index (Phi) is 5.13. The van der Waals surface area contributed by atoms with Crippen LogP contribution in [-0.2, 0) is 22.6 Å². The molecule has 3 rings (SSSR count). The Balaban J connectivity index is 1.85. The van der Waals surface area contributed by atoms with E-state index < -0.39 is 0 Å². The normalized spacial score (nSPS) is 17.5. The third-order valence-corrected chi connectivity index (χ3v) is 6.29. The van der Waals surface area contributed by atoms with Crippen LogP contribution in [-0.4, -0.2) is 54.7 Å². The van der Waals surface area contributed by atoms with Gasteiger partial charge in [0.2, 0.25) is 11.8 Å². The molecule has 0 atom stereocenters. The van der Waals surface area contributed by atoms with Gasteiger partial charge in [-0.1, -0.05) is 19.8 Å². The summed E-state index contributed by atoms with van der Waals surface area (Å²) >= 11 is 1.48. The van der Waals surface area contributed by atoms with Gasteiger partial charge in [0.25, 0.3) is 5.91 Å². The van der Waals surface area contributed by atoms with Gasteiger partial charge in [0.05, 0.1) is 12.1 Å². The van der Waals surface area contributed by atoms with E-state index >= 15 is 0 Å². The fourth-order valence-electron chi connectivity index (χ4n) is 3.43. The lowest BCUT2D eigenvalue weighted by molar-refractivity contribution is -0.132. The molecule has 0 aromatic carbocycles. The second kappa shape index (κ2) is 7.15. The zero-order valence-corrected chi connectivity index (χ0v) is 15.9. The van der Waals surface area contributed by atoms with E-state index in [2.05, 4.69) is 6.92 Å². The van der Waals surface area contributed by atoms with Gasteiger partial charge in [-0.2, -0.15) is 0 Å². The Morgan fingerprint density at radius 3 is 2.64 bits per heavy atom. The Bertz CT molecular complexity index is 713. The first kappa shape index (κ1) is 17.9. The Hall–Kier alpha value is -1.89. The highest BCUT2D eigenvalue weighted by Crippen LogP contribution is 2.40. The summed E-state index contributed by atoms with van der Waals surface area (Å²) in [5, 5.41) is 0.727. The average Bonchev–Trinajstić information content (AvgIpc) is 2.95. The second-order valence-electron chi connectivity index (χ2n) is 6.82. The van der Waals surface area contributed by atoms with Crippen LogP contribution in [0.3, 0.4) is 0 Å². The molecule has 0 aliphatic carbocycles. The molecule has 0 bridgehead atoms. The zero-order valence-electron chi connectivity index (χ0n) is 15.1. The summed E-state index contributed by atoms with van der Waals surface area (Å²) in [6.45, 7) is 3.43. The van der Waals surface area contributed by atoms with Crippen molar-refractivity contribution in [2.45, 2.75) is 45.6 Å². The van der Waals surface area contributed by atoms with Gasteiger partial charge in [-0.15, -0.1) is 11.3 Å². The maximum absolute atomic E-state index is 12.7. The predicted octanol–water partition coefficient (Wildman–Crippen LogP) is 2.26. The van der Waals surface area contributed by atoms with E-state index in [0.29, 0.717) is 31.5 Å². The highest BCUT2D eigenvalue weighted by Gasteiger charge is 2.35. The van der Waals surface area contributed by atoms with Crippen LogP contribution in [0, 0.1) is 0 Å². The molecule has 0 fully saturated rings. The van der Waals surface area contributed by atoms with Gasteiger partial charge in [0, 0.05) is 31.9 Å². The van der Waals surface area contributed by atoms with Crippen molar-refractivity contribution in [2.24, 2.45) is 0 Å². The van der Waals surface area contributed by atoms with Crippen molar-refractivity contribution in [3.05, 3.63) is 16.0 Å². The molecule has 136 valence electrons. The van der Waals surface area contributed by atoms with Gasteiger partial charge in [-0.25, -0.2) is 0 Å². The molecule has 1 aromatic heterocycles. The van der Waals surface area contributed by atoms with E-state index in [9.17, 15) is 14.4 Å². The lowest BCUT2D eigenvalue weighted by Crippen LogP contribution is -2.37. The molecular formula is C18H25N3O3S. The third-order valence-electron chi connectivity index (χ3n) is 5.00. The molecule has 0 spiro atoms. The maximum Gasteiger partial charge on any atom is 0.257 e. The molecule has 1 aromatic rings. The van der Waals surface area contributed by atoms with Crippen LogP contribution in [0.5, 0.6) is 0 Å². The minimum absolute atomic E-state index is 0.0827. The van der Waals surface area contributed by atoms with Crippen LogP contribution < -0.4 is 4.90 Å². The topological polar surface area (TPSA) is 60.9 Å². The van der Waals surface area contributed by atoms with E-state index in [4.69, 9.17) is 0 Å². The van der Waals surface area contributed by atoms with Crippen molar-refractivity contribution < 1.29 is 14.4 Å². The first-order valence-electron chi connectivity index (χ1n) is 8.88. The highest BCUT2D eigenvalue weighted by atomic mass is 32.1. The number of fused-ring (bicyclic) bond motifs is 3. The van der Waals surface area contributed by atoms with E-state index in [1.165, 1.54) is 16.2 Å². The summed E-state index contributed by atoms with van der Waals surface area (Å²) in [6.07, 6.45) is 4.38. The monoisotopic (exact) mass is 363 g/mol. The molecule has 3 heterocycles. The summed E-state index contributed by atoms with van der Waals surface area (Å²) in [7, 11) is 3.39. The molecule has 0 N–H and O–H groups in total. The van der Waals surface area contributed by atoms with Crippen molar-refractivity contribution >= 4 is 34.1 Å². The van der Waals surface area contributed by atoms with E-state index in [0.717, 1.165) is 34.7 Å². The van der Waals surface area contributed by atoms with Crippen molar-refractivity contribution in [3.8, 4) is 0 Å². The first-order valence-corrected chi connectivity index (χ1v) is 9.70. The smallest absolute Gasteiger partial charge is 0.257 e. The molecule has 0 saturated carbocycles. The SMILES string of the molecule is CCCCCC(=O)N1CCc2c(sc3c2C(=O)N(C)CC(=O)N3C)C1. The number of rotatable bonds is 4. The fraction of sp³-hybridized carbons (Fsp3) is 0.611. The molecule has 0 radical (unpaired) electrons. The number of carbonyl (C=O) groups excluding carboxylic acids is 3. The van der Waals surface area contributed by atoms with Gasteiger partial charge in [-0.05, 0) is 18.4 Å². The van der Waals surface area contributed by atoms with Gasteiger partial charge in [-0.3, -0.25) is 14.4 Å². The predicted molar refractivity (Wildman–Crippen MR) is 98.0 cm³/mol. The minimum atomic E-state index is -0.0899. The summed E-state index contributed by atoms with van der Waals surface area (Å²) < 4.78 is 0. The van der Waals surface area contributed by atoms with Gasteiger partial charge in [0.15, 0.2) is 0 Å². The van der Waals surface area contributed by atoms with Crippen LogP contribution in [0.1, 0.15) is 53.4 Å². The van der Waals surface area contributed by atoms with Gasteiger partial charge < -0.3 is 14.7 Å². The van der Waals surface area contributed by atoms with E-state index in [1.807, 2.05) is 4.90 Å². The van der Waals surface area contributed by atoms with E-state index in [-0.39, 0.29) is 24.3 Å². The quantitative estimate of drug-likeness (QED) is 0.771. The lowest BCUT2D eigenvalue weighted by Gasteiger charge is -2.27. The van der Waals surface area contributed by atoms with Crippen LogP contribution in [0.2, 0.25) is 0 Å². The van der Waals surface area contributed by atoms with Gasteiger partial charge in [0.1, 0.15) is 11.5 Å². The summed E-state index contributed by atoms with van der Waals surface area (Å²) in [5.74, 6) is 0.0178. The van der Waals surface area contributed by atoms with Gasteiger partial charge >= 0.3 is 0 Å². The highest BCUT2D eigenvalue weighted by molar-refractivity contribution is 7.17. The fourth-order valence-corrected chi connectivity index (χ4v) is 4.76. The Labute approximate surface area is 152 Å². The Morgan fingerprint density at radius 1 is 1.16 bits per heavy atom. The summed E-state index contributed by atoms with van der Waals surface area (Å²) in [4.78, 5) is 43.4. The number of anilines is 1. The number of amides is 3. The molecule has 6 nitrogen and oxygen atoms in total. The molecular weight excluding hydrogens is 338 g/mol. The number of nitrogens with zero attached hydrogens (tertiary/aromatic N) is 3. The number of thiophene rings is 1. The molecule has 2 aliphatic rings. The largest absolute Gasteiger partial charge is 0.337 e. The molecule has 2 aliphatic heterocycles. The molecule has 0 unspecified atom stereocenters. The van der Waals surface area contributed by atoms with Crippen LogP contribution in [0.25, 0.3) is 0 Å². The first-order chi connectivity index (χ1) is 11.9. The van der Waals surface area contributed by atoms with Crippen molar-refractivity contribution in [1.29, 1.82) is 0 Å². The third kappa shape index (κ3) is 3.29. The van der Waals surface area contributed by atoms with Crippen molar-refractivity contribution in [1.82, 2.24) is 9.80 Å². The molecule has 3 amide bonds. The van der Waals surface area contributed by atoms with E-state index in [1.54, 1.807) is 19.0 Å². The number of likely N-dealkylation sites (N-methyl/N-ethyl adjacent to an activating group) is 2. The number of hydrogen-bond acceptors (Lipinski definition) is 4. The summed E-state index contributed by atoms with van der Waals surface area (Å²) in [6, 6.07) is 0. The van der Waals surface area contributed by atoms with Crippen molar-refractivity contribution in [3.63, 3.8) is 0 Å². The minimum Gasteiger partial charge on any atom is -0.337 e. The van der Waals surface area contributed by atoms with Crippen LogP contribution >= 0.6 is 11.3 Å². The number of hydrogen-bond donors (Lipinski definition) is 0.